The third kappa shape index (κ3) is 4.57. The van der Waals surface area contributed by atoms with Crippen LogP contribution in [0.25, 0.3) is 0 Å². The first kappa shape index (κ1) is 12.9. The Morgan fingerprint density at radius 3 is 2.19 bits per heavy atom. The van der Waals surface area contributed by atoms with Gasteiger partial charge in [-0.15, -0.1) is 0 Å². The summed E-state index contributed by atoms with van der Waals surface area (Å²) in [7, 11) is -0.948. The third-order valence-corrected chi connectivity index (χ3v) is 4.39. The molecule has 0 fully saturated rings. The lowest BCUT2D eigenvalue weighted by atomic mass is 10.1. The van der Waals surface area contributed by atoms with Crippen molar-refractivity contribution in [3.8, 4) is 0 Å². The van der Waals surface area contributed by atoms with E-state index in [-0.39, 0.29) is 10.6 Å². The van der Waals surface area contributed by atoms with Gasteiger partial charge in [-0.1, -0.05) is 44.2 Å². The van der Waals surface area contributed by atoms with Crippen LogP contribution in [-0.2, 0) is 6.42 Å². The molecule has 1 aromatic carbocycles. The molecule has 0 spiro atoms. The van der Waals surface area contributed by atoms with Crippen molar-refractivity contribution < 1.29 is 4.92 Å². The lowest BCUT2D eigenvalue weighted by molar-refractivity contribution is -0.384. The van der Waals surface area contributed by atoms with Crippen molar-refractivity contribution in [1.29, 1.82) is 0 Å². The van der Waals surface area contributed by atoms with Crippen LogP contribution in [0.1, 0.15) is 12.0 Å². The molecule has 0 saturated heterocycles. The lowest BCUT2D eigenvalue weighted by Crippen LogP contribution is -2.18. The Balaban J connectivity index is 2.47. The summed E-state index contributed by atoms with van der Waals surface area (Å²) >= 11 is 0. The lowest BCUT2D eigenvalue weighted by Gasteiger charge is -2.14. The molecular weight excluding hydrogens is 218 g/mol. The molecule has 0 aliphatic heterocycles. The van der Waals surface area contributed by atoms with Crippen molar-refractivity contribution in [3.63, 3.8) is 0 Å². The number of non-ortho nitro benzene ring substituents is 1. The van der Waals surface area contributed by atoms with E-state index in [1.54, 1.807) is 12.1 Å². The highest BCUT2D eigenvalue weighted by Gasteiger charge is 2.12. The molecule has 0 saturated carbocycles. The molecule has 1 aromatic rings. The Morgan fingerprint density at radius 1 is 1.19 bits per heavy atom. The van der Waals surface area contributed by atoms with E-state index in [2.05, 4.69) is 19.6 Å². The minimum absolute atomic E-state index is 0.175. The molecule has 0 aliphatic carbocycles. The highest BCUT2D eigenvalue weighted by molar-refractivity contribution is 6.76. The highest BCUT2D eigenvalue weighted by Crippen LogP contribution is 2.16. The maximum Gasteiger partial charge on any atom is 0.269 e. The van der Waals surface area contributed by atoms with Crippen LogP contribution in [0.5, 0.6) is 0 Å². The van der Waals surface area contributed by atoms with E-state index in [1.807, 2.05) is 12.1 Å². The number of aryl methyl sites for hydroxylation is 1. The van der Waals surface area contributed by atoms with E-state index in [4.69, 9.17) is 0 Å². The molecule has 0 N–H and O–H groups in total. The van der Waals surface area contributed by atoms with E-state index in [0.717, 1.165) is 6.42 Å². The molecule has 0 amide bonds. The molecule has 16 heavy (non-hydrogen) atoms. The maximum absolute atomic E-state index is 10.5. The van der Waals surface area contributed by atoms with Crippen molar-refractivity contribution in [3.05, 3.63) is 39.9 Å². The van der Waals surface area contributed by atoms with E-state index < -0.39 is 8.07 Å². The van der Waals surface area contributed by atoms with Crippen LogP contribution in [0.3, 0.4) is 0 Å². The Morgan fingerprint density at radius 2 is 1.75 bits per heavy atom. The summed E-state index contributed by atoms with van der Waals surface area (Å²) in [6.45, 7) is 7.09. The van der Waals surface area contributed by atoms with Crippen molar-refractivity contribution in [2.75, 3.05) is 0 Å². The molecule has 0 heterocycles. The van der Waals surface area contributed by atoms with Gasteiger partial charge in [0.05, 0.1) is 4.92 Å². The fourth-order valence-electron chi connectivity index (χ4n) is 1.61. The number of nitro groups is 1. The van der Waals surface area contributed by atoms with Crippen LogP contribution in [0.15, 0.2) is 24.3 Å². The molecule has 0 atom stereocenters. The summed E-state index contributed by atoms with van der Waals surface area (Å²) in [5.74, 6) is 0. The molecule has 0 aliphatic rings. The number of hydrogen-bond acceptors (Lipinski definition) is 2. The van der Waals surface area contributed by atoms with Gasteiger partial charge in [0.25, 0.3) is 5.69 Å². The van der Waals surface area contributed by atoms with Crippen LogP contribution >= 0.6 is 0 Å². The third-order valence-electron chi connectivity index (χ3n) is 2.54. The summed E-state index contributed by atoms with van der Waals surface area (Å²) in [6, 6.07) is 8.21. The average molecular weight is 237 g/mol. The molecule has 0 radical (unpaired) electrons. The SMILES string of the molecule is C[Si](C)(C)CCCc1ccc([N+](=O)[O-])cc1. The molecule has 88 valence electrons. The van der Waals surface area contributed by atoms with Gasteiger partial charge in [-0.3, -0.25) is 10.1 Å². The minimum Gasteiger partial charge on any atom is -0.258 e. The van der Waals surface area contributed by atoms with Gasteiger partial charge in [0.2, 0.25) is 0 Å². The second-order valence-electron chi connectivity index (χ2n) is 5.34. The smallest absolute Gasteiger partial charge is 0.258 e. The van der Waals surface area contributed by atoms with Crippen LogP contribution < -0.4 is 0 Å². The van der Waals surface area contributed by atoms with E-state index in [1.165, 1.54) is 18.0 Å². The summed E-state index contributed by atoms with van der Waals surface area (Å²) in [5.41, 5.74) is 1.37. The van der Waals surface area contributed by atoms with E-state index in [0.29, 0.717) is 0 Å². The second-order valence-corrected chi connectivity index (χ2v) is 11.0. The summed E-state index contributed by atoms with van der Waals surface area (Å²) in [4.78, 5) is 10.1. The normalized spacial score (nSPS) is 11.4. The van der Waals surface area contributed by atoms with Crippen LogP contribution in [-0.4, -0.2) is 13.0 Å². The van der Waals surface area contributed by atoms with Gasteiger partial charge in [-0.05, 0) is 12.0 Å². The molecule has 4 heteroatoms. The molecule has 0 aromatic heterocycles. The van der Waals surface area contributed by atoms with Crippen LogP contribution in [0.4, 0.5) is 5.69 Å². The first-order chi connectivity index (χ1) is 7.38. The number of rotatable bonds is 5. The Hall–Kier alpha value is -1.16. The van der Waals surface area contributed by atoms with Gasteiger partial charge >= 0.3 is 0 Å². The average Bonchev–Trinajstić information content (AvgIpc) is 2.16. The topological polar surface area (TPSA) is 43.1 Å². The predicted molar refractivity (Wildman–Crippen MR) is 69.6 cm³/mol. The first-order valence-electron chi connectivity index (χ1n) is 5.62. The van der Waals surface area contributed by atoms with Gasteiger partial charge in [-0.2, -0.15) is 0 Å². The zero-order valence-electron chi connectivity index (χ0n) is 10.2. The number of nitrogens with zero attached hydrogens (tertiary/aromatic N) is 1. The number of nitro benzene ring substituents is 1. The second kappa shape index (κ2) is 5.25. The van der Waals surface area contributed by atoms with Gasteiger partial charge in [0.15, 0.2) is 0 Å². The van der Waals surface area contributed by atoms with Gasteiger partial charge in [0, 0.05) is 20.2 Å². The predicted octanol–water partition coefficient (Wildman–Crippen LogP) is 3.87. The summed E-state index contributed by atoms with van der Waals surface area (Å²) in [5, 5.41) is 10.5. The summed E-state index contributed by atoms with van der Waals surface area (Å²) in [6.07, 6.45) is 2.22. The van der Waals surface area contributed by atoms with E-state index in [9.17, 15) is 10.1 Å². The molecule has 0 bridgehead atoms. The van der Waals surface area contributed by atoms with Crippen molar-refractivity contribution >= 4 is 13.8 Å². The quantitative estimate of drug-likeness (QED) is 0.443. The Bertz CT molecular complexity index is 354. The first-order valence-corrected chi connectivity index (χ1v) is 9.32. The van der Waals surface area contributed by atoms with Crippen LogP contribution in [0.2, 0.25) is 25.7 Å². The van der Waals surface area contributed by atoms with Gasteiger partial charge < -0.3 is 0 Å². The monoisotopic (exact) mass is 237 g/mol. The summed E-state index contributed by atoms with van der Waals surface area (Å²) < 4.78 is 0. The maximum atomic E-state index is 10.5. The number of hydrogen-bond donors (Lipinski definition) is 0. The molecule has 1 rings (SSSR count). The van der Waals surface area contributed by atoms with Gasteiger partial charge in [0.1, 0.15) is 0 Å². The number of benzene rings is 1. The Kier molecular flexibility index (Phi) is 4.24. The fourth-order valence-corrected chi connectivity index (χ4v) is 2.84. The molecule has 0 unspecified atom stereocenters. The van der Waals surface area contributed by atoms with Crippen molar-refractivity contribution in [2.45, 2.75) is 38.5 Å². The highest BCUT2D eigenvalue weighted by atomic mass is 28.3. The minimum atomic E-state index is -0.948. The largest absolute Gasteiger partial charge is 0.269 e. The molecular formula is C12H19NO2Si. The van der Waals surface area contributed by atoms with E-state index >= 15 is 0 Å². The Labute approximate surface area is 97.7 Å². The standard InChI is InChI=1S/C12H19NO2Si/c1-16(2,3)10-4-5-11-6-8-12(9-7-11)13(14)15/h6-9H,4-5,10H2,1-3H3. The molecule has 3 nitrogen and oxygen atoms in total. The van der Waals surface area contributed by atoms with Crippen LogP contribution in [0, 0.1) is 10.1 Å². The fraction of sp³-hybridized carbons (Fsp3) is 0.500. The zero-order chi connectivity index (χ0) is 12.2. The van der Waals surface area contributed by atoms with Crippen molar-refractivity contribution in [1.82, 2.24) is 0 Å². The zero-order valence-corrected chi connectivity index (χ0v) is 11.2. The van der Waals surface area contributed by atoms with Crippen molar-refractivity contribution in [2.24, 2.45) is 0 Å². The van der Waals surface area contributed by atoms with Gasteiger partial charge in [-0.25, -0.2) is 0 Å².